The van der Waals surface area contributed by atoms with E-state index in [-0.39, 0.29) is 30.9 Å². The number of nitrogens with zero attached hydrogens (tertiary/aromatic N) is 2. The second kappa shape index (κ2) is 8.09. The number of halogens is 1. The summed E-state index contributed by atoms with van der Waals surface area (Å²) in [4.78, 5) is 37.5. The molecule has 1 aromatic heterocycles. The minimum Gasteiger partial charge on any atom is -0.376 e. The molecule has 3 rings (SSSR count). The smallest absolute Gasteiger partial charge is 0.265 e. The Balaban J connectivity index is 1.77. The van der Waals surface area contributed by atoms with Gasteiger partial charge in [-0.15, -0.1) is 0 Å². The number of carbonyl (C=O) groups excluding carboxylic acids is 1. The minimum atomic E-state index is -0.461. The zero-order chi connectivity index (χ0) is 18.5. The van der Waals surface area contributed by atoms with Crippen LogP contribution in [0.3, 0.4) is 0 Å². The number of H-pyrrole nitrogens is 1. The van der Waals surface area contributed by atoms with Crippen molar-refractivity contribution >= 4 is 5.91 Å². The van der Waals surface area contributed by atoms with Crippen LogP contribution in [-0.2, 0) is 22.6 Å². The molecule has 2 aromatic rings. The Morgan fingerprint density at radius 1 is 1.23 bits per heavy atom. The van der Waals surface area contributed by atoms with Gasteiger partial charge in [-0.1, -0.05) is 12.1 Å². The summed E-state index contributed by atoms with van der Waals surface area (Å²) in [6.45, 7) is 1.03. The molecule has 1 saturated heterocycles. The van der Waals surface area contributed by atoms with E-state index in [9.17, 15) is 18.8 Å². The lowest BCUT2D eigenvalue weighted by Crippen LogP contribution is -2.41. The molecular weight excluding hydrogens is 341 g/mol. The molecule has 0 spiro atoms. The summed E-state index contributed by atoms with van der Waals surface area (Å²) in [6.07, 6.45) is 1.73. The summed E-state index contributed by atoms with van der Waals surface area (Å²) >= 11 is 0. The van der Waals surface area contributed by atoms with Crippen molar-refractivity contribution in [2.75, 3.05) is 13.2 Å². The molecule has 1 aromatic carbocycles. The van der Waals surface area contributed by atoms with Crippen LogP contribution >= 0.6 is 0 Å². The van der Waals surface area contributed by atoms with E-state index in [1.807, 2.05) is 0 Å². The number of hydrogen-bond donors (Lipinski definition) is 1. The molecule has 0 radical (unpaired) electrons. The van der Waals surface area contributed by atoms with Crippen LogP contribution in [0.5, 0.6) is 0 Å². The number of aromatic nitrogens is 2. The summed E-state index contributed by atoms with van der Waals surface area (Å²) in [5, 5.41) is 2.35. The lowest BCUT2D eigenvalue weighted by Gasteiger charge is -2.26. The number of carbonyl (C=O) groups is 1. The zero-order valence-electron chi connectivity index (χ0n) is 14.2. The van der Waals surface area contributed by atoms with E-state index >= 15 is 0 Å². The fraction of sp³-hybridized carbons (Fsp3) is 0.389. The first-order valence-electron chi connectivity index (χ1n) is 8.45. The Labute approximate surface area is 149 Å². The Morgan fingerprint density at radius 3 is 2.69 bits per heavy atom. The molecule has 1 aliphatic rings. The second-order valence-corrected chi connectivity index (χ2v) is 6.27. The highest BCUT2D eigenvalue weighted by atomic mass is 19.1. The standard InChI is InChI=1S/C18H20FN3O4/c19-14-5-3-13(4-6-14)10-21(11-15-2-1-9-26-15)18(25)12-22-17(24)8-7-16(23)20-22/h3-8,15H,1-2,9-12H2,(H,20,23)/t15-/m1/s1. The van der Waals surface area contributed by atoms with Crippen molar-refractivity contribution in [1.29, 1.82) is 0 Å². The van der Waals surface area contributed by atoms with Crippen LogP contribution in [0.1, 0.15) is 18.4 Å². The van der Waals surface area contributed by atoms with E-state index in [2.05, 4.69) is 5.10 Å². The summed E-state index contributed by atoms with van der Waals surface area (Å²) in [7, 11) is 0. The lowest BCUT2D eigenvalue weighted by molar-refractivity contribution is -0.134. The van der Waals surface area contributed by atoms with Crippen LogP contribution in [0, 0.1) is 5.82 Å². The van der Waals surface area contributed by atoms with Crippen LogP contribution in [0.25, 0.3) is 0 Å². The second-order valence-electron chi connectivity index (χ2n) is 6.27. The number of ether oxygens (including phenoxy) is 1. The van der Waals surface area contributed by atoms with Crippen LogP contribution in [0.15, 0.2) is 46.0 Å². The topological polar surface area (TPSA) is 84.4 Å². The van der Waals surface area contributed by atoms with Gasteiger partial charge in [-0.25, -0.2) is 9.07 Å². The average Bonchev–Trinajstić information content (AvgIpc) is 3.12. The fourth-order valence-corrected chi connectivity index (χ4v) is 2.91. The molecular formula is C18H20FN3O4. The van der Waals surface area contributed by atoms with E-state index in [0.29, 0.717) is 13.2 Å². The van der Waals surface area contributed by atoms with Gasteiger partial charge in [0.05, 0.1) is 6.10 Å². The first-order chi connectivity index (χ1) is 12.5. The normalized spacial score (nSPS) is 16.6. The molecule has 1 fully saturated rings. The molecule has 1 N–H and O–H groups in total. The summed E-state index contributed by atoms with van der Waals surface area (Å²) < 4.78 is 19.7. The lowest BCUT2D eigenvalue weighted by atomic mass is 10.1. The van der Waals surface area contributed by atoms with E-state index in [1.165, 1.54) is 12.1 Å². The summed E-state index contributed by atoms with van der Waals surface area (Å²) in [5.41, 5.74) is -0.148. The Hall–Kier alpha value is -2.74. The Morgan fingerprint density at radius 2 is 2.00 bits per heavy atom. The van der Waals surface area contributed by atoms with Crippen LogP contribution in [0.2, 0.25) is 0 Å². The summed E-state index contributed by atoms with van der Waals surface area (Å²) in [5.74, 6) is -0.673. The van der Waals surface area contributed by atoms with Crippen molar-refractivity contribution in [3.63, 3.8) is 0 Å². The van der Waals surface area contributed by atoms with Crippen LogP contribution in [-0.4, -0.2) is 39.8 Å². The molecule has 0 saturated carbocycles. The Kier molecular flexibility index (Phi) is 5.62. The van der Waals surface area contributed by atoms with Gasteiger partial charge in [0.15, 0.2) is 0 Å². The van der Waals surface area contributed by atoms with Gasteiger partial charge in [0, 0.05) is 31.8 Å². The molecule has 1 aliphatic heterocycles. The fourth-order valence-electron chi connectivity index (χ4n) is 2.91. The maximum Gasteiger partial charge on any atom is 0.265 e. The highest BCUT2D eigenvalue weighted by molar-refractivity contribution is 5.76. The van der Waals surface area contributed by atoms with Crippen LogP contribution < -0.4 is 11.1 Å². The molecule has 26 heavy (non-hydrogen) atoms. The number of amides is 1. The molecule has 8 heteroatoms. The maximum absolute atomic E-state index is 13.1. The average molecular weight is 361 g/mol. The number of benzene rings is 1. The van der Waals surface area contributed by atoms with Crippen molar-refractivity contribution in [3.8, 4) is 0 Å². The molecule has 138 valence electrons. The molecule has 1 amide bonds. The van der Waals surface area contributed by atoms with Gasteiger partial charge in [0.25, 0.3) is 11.1 Å². The van der Waals surface area contributed by atoms with E-state index in [4.69, 9.17) is 4.74 Å². The molecule has 1 atom stereocenters. The van der Waals surface area contributed by atoms with Gasteiger partial charge in [-0.2, -0.15) is 0 Å². The predicted octanol–water partition coefficient (Wildman–Crippen LogP) is 0.883. The number of hydrogen-bond acceptors (Lipinski definition) is 4. The number of rotatable bonds is 6. The van der Waals surface area contributed by atoms with E-state index in [0.717, 1.165) is 35.2 Å². The van der Waals surface area contributed by atoms with Gasteiger partial charge in [-0.3, -0.25) is 19.5 Å². The molecule has 2 heterocycles. The van der Waals surface area contributed by atoms with Crippen molar-refractivity contribution in [2.24, 2.45) is 0 Å². The quantitative estimate of drug-likeness (QED) is 0.828. The van der Waals surface area contributed by atoms with E-state index in [1.54, 1.807) is 17.0 Å². The predicted molar refractivity (Wildman–Crippen MR) is 92.1 cm³/mol. The SMILES string of the molecule is O=C(Cn1[nH]c(=O)ccc1=O)N(Cc1ccc(F)cc1)C[C@H]1CCCO1. The number of nitrogens with one attached hydrogen (secondary N) is 1. The molecule has 0 aliphatic carbocycles. The number of aromatic amines is 1. The van der Waals surface area contributed by atoms with Gasteiger partial charge in [0.2, 0.25) is 5.91 Å². The van der Waals surface area contributed by atoms with Gasteiger partial charge in [-0.05, 0) is 30.5 Å². The highest BCUT2D eigenvalue weighted by Crippen LogP contribution is 2.16. The molecule has 7 nitrogen and oxygen atoms in total. The van der Waals surface area contributed by atoms with Gasteiger partial charge in [0.1, 0.15) is 12.4 Å². The largest absolute Gasteiger partial charge is 0.376 e. The first-order valence-corrected chi connectivity index (χ1v) is 8.45. The monoisotopic (exact) mass is 361 g/mol. The maximum atomic E-state index is 13.1. The van der Waals surface area contributed by atoms with Crippen LogP contribution in [0.4, 0.5) is 4.39 Å². The van der Waals surface area contributed by atoms with Gasteiger partial charge < -0.3 is 9.64 Å². The van der Waals surface area contributed by atoms with Crippen molar-refractivity contribution in [2.45, 2.75) is 32.0 Å². The minimum absolute atomic E-state index is 0.0639. The summed E-state index contributed by atoms with van der Waals surface area (Å²) in [6, 6.07) is 8.14. The van der Waals surface area contributed by atoms with Crippen molar-refractivity contribution < 1.29 is 13.9 Å². The first kappa shape index (κ1) is 18.1. The highest BCUT2D eigenvalue weighted by Gasteiger charge is 2.23. The third kappa shape index (κ3) is 4.66. The van der Waals surface area contributed by atoms with E-state index < -0.39 is 11.1 Å². The molecule has 0 unspecified atom stereocenters. The molecule has 0 bridgehead atoms. The third-order valence-electron chi connectivity index (χ3n) is 4.27. The Bertz CT molecular complexity index is 869. The van der Waals surface area contributed by atoms with Crippen molar-refractivity contribution in [3.05, 3.63) is 68.5 Å². The van der Waals surface area contributed by atoms with Gasteiger partial charge >= 0.3 is 0 Å². The zero-order valence-corrected chi connectivity index (χ0v) is 14.2. The third-order valence-corrected chi connectivity index (χ3v) is 4.27. The van der Waals surface area contributed by atoms with Crippen molar-refractivity contribution in [1.82, 2.24) is 14.7 Å².